The first-order valence-electron chi connectivity index (χ1n) is 9.57. The van der Waals surface area contributed by atoms with Crippen LogP contribution in [0, 0.1) is 11.8 Å². The van der Waals surface area contributed by atoms with E-state index in [0.29, 0.717) is 5.56 Å². The molecule has 0 aliphatic carbocycles. The molecular weight excluding hydrogens is 413 g/mol. The van der Waals surface area contributed by atoms with Crippen molar-refractivity contribution in [3.63, 3.8) is 0 Å². The molecule has 164 valence electrons. The second-order valence-electron chi connectivity index (χ2n) is 7.37. The largest absolute Gasteiger partial charge is 0.491 e. The molecule has 5 nitrogen and oxygen atoms in total. The van der Waals surface area contributed by atoms with Gasteiger partial charge in [0.25, 0.3) is 0 Å². The molecule has 0 radical (unpaired) electrons. The number of carbonyl (C=O) groups excluding carboxylic acids is 2. The Bertz CT molecular complexity index is 1010. The van der Waals surface area contributed by atoms with Crippen LogP contribution in [0.5, 0.6) is 11.5 Å². The van der Waals surface area contributed by atoms with Crippen LogP contribution in [-0.2, 0) is 25.2 Å². The molecule has 3 rings (SSSR count). The average Bonchev–Trinajstić information content (AvgIpc) is 2.73. The van der Waals surface area contributed by atoms with Crippen molar-refractivity contribution in [3.8, 4) is 11.5 Å². The Labute approximate surface area is 177 Å². The number of rotatable bonds is 5. The number of methoxy groups -OCH3 is 1. The van der Waals surface area contributed by atoms with Crippen molar-refractivity contribution < 1.29 is 37.0 Å². The number of ether oxygens (including phenoxy) is 3. The minimum atomic E-state index is -4.47. The number of benzene rings is 2. The lowest BCUT2D eigenvalue weighted by atomic mass is 9.85. The van der Waals surface area contributed by atoms with E-state index in [0.717, 1.165) is 12.1 Å². The Morgan fingerprint density at radius 1 is 1.10 bits per heavy atom. The van der Waals surface area contributed by atoms with Crippen molar-refractivity contribution in [2.24, 2.45) is 11.8 Å². The van der Waals surface area contributed by atoms with Gasteiger partial charge in [-0.25, -0.2) is 4.79 Å². The number of hydrogen-bond donors (Lipinski definition) is 0. The molecule has 1 heterocycles. The van der Waals surface area contributed by atoms with Crippen LogP contribution >= 0.6 is 0 Å². The summed E-state index contributed by atoms with van der Waals surface area (Å²) < 4.78 is 54.6. The predicted molar refractivity (Wildman–Crippen MR) is 106 cm³/mol. The van der Waals surface area contributed by atoms with Gasteiger partial charge in [0, 0.05) is 5.56 Å². The van der Waals surface area contributed by atoms with Gasteiger partial charge in [0.15, 0.2) is 5.78 Å². The lowest BCUT2D eigenvalue weighted by Gasteiger charge is -2.28. The third kappa shape index (κ3) is 4.90. The molecule has 0 aromatic heterocycles. The van der Waals surface area contributed by atoms with Gasteiger partial charge in [-0.1, -0.05) is 19.9 Å². The summed E-state index contributed by atoms with van der Waals surface area (Å²) in [6, 6.07) is 10.7. The molecule has 0 saturated heterocycles. The summed E-state index contributed by atoms with van der Waals surface area (Å²) in [6.07, 6.45) is -4.47. The van der Waals surface area contributed by atoms with Gasteiger partial charge in [-0.2, -0.15) is 13.2 Å². The van der Waals surface area contributed by atoms with Crippen molar-refractivity contribution in [2.75, 3.05) is 13.7 Å². The summed E-state index contributed by atoms with van der Waals surface area (Å²) in [5, 5.41) is 0. The summed E-state index contributed by atoms with van der Waals surface area (Å²) in [7, 11) is 1.19. The highest BCUT2D eigenvalue weighted by atomic mass is 19.4. The van der Waals surface area contributed by atoms with Crippen molar-refractivity contribution >= 4 is 17.5 Å². The van der Waals surface area contributed by atoms with Crippen LogP contribution in [-0.4, -0.2) is 25.5 Å². The van der Waals surface area contributed by atoms with Gasteiger partial charge < -0.3 is 14.2 Å². The number of carbonyl (C=O) groups is 2. The molecule has 8 heteroatoms. The minimum absolute atomic E-state index is 0.0167. The molecule has 0 N–H and O–H groups in total. The molecule has 0 saturated carbocycles. The maximum Gasteiger partial charge on any atom is 0.416 e. The van der Waals surface area contributed by atoms with Gasteiger partial charge in [-0.3, -0.25) is 4.79 Å². The highest BCUT2D eigenvalue weighted by Gasteiger charge is 2.38. The molecule has 0 fully saturated rings. The van der Waals surface area contributed by atoms with Crippen molar-refractivity contribution in [1.82, 2.24) is 0 Å². The van der Waals surface area contributed by atoms with Gasteiger partial charge in [0.05, 0.1) is 25.2 Å². The summed E-state index contributed by atoms with van der Waals surface area (Å²) in [4.78, 5) is 25.1. The monoisotopic (exact) mass is 434 g/mol. The summed E-state index contributed by atoms with van der Waals surface area (Å²) in [5.41, 5.74) is -0.519. The van der Waals surface area contributed by atoms with Gasteiger partial charge in [-0.15, -0.1) is 0 Å². The predicted octanol–water partition coefficient (Wildman–Crippen LogP) is 5.25. The molecule has 31 heavy (non-hydrogen) atoms. The first kappa shape index (κ1) is 22.4. The van der Waals surface area contributed by atoms with E-state index in [4.69, 9.17) is 14.2 Å². The zero-order valence-electron chi connectivity index (χ0n) is 17.2. The molecule has 1 aliphatic rings. The van der Waals surface area contributed by atoms with E-state index in [1.54, 1.807) is 12.1 Å². The van der Waals surface area contributed by atoms with Crippen LogP contribution in [0.2, 0.25) is 0 Å². The van der Waals surface area contributed by atoms with Crippen molar-refractivity contribution in [1.29, 1.82) is 0 Å². The number of Topliss-reactive ketones (excluding diaryl/α,β-unsaturated/α-hetero) is 1. The summed E-state index contributed by atoms with van der Waals surface area (Å²) >= 11 is 0. The van der Waals surface area contributed by atoms with Crippen LogP contribution in [0.4, 0.5) is 13.2 Å². The fourth-order valence-electron chi connectivity index (χ4n) is 3.18. The van der Waals surface area contributed by atoms with Gasteiger partial charge in [0.2, 0.25) is 0 Å². The third-order valence-corrected chi connectivity index (χ3v) is 4.93. The number of hydrogen-bond acceptors (Lipinski definition) is 5. The van der Waals surface area contributed by atoms with Gasteiger partial charge >= 0.3 is 12.1 Å². The third-order valence-electron chi connectivity index (χ3n) is 4.93. The Balaban J connectivity index is 1.88. The Morgan fingerprint density at radius 2 is 1.77 bits per heavy atom. The summed E-state index contributed by atoms with van der Waals surface area (Å²) in [5.74, 6) is -1.17. The van der Waals surface area contributed by atoms with E-state index >= 15 is 0 Å². The van der Waals surface area contributed by atoms with E-state index in [1.807, 2.05) is 13.8 Å². The molecular formula is C23H21F3O5. The first-order valence-corrected chi connectivity index (χ1v) is 9.57. The van der Waals surface area contributed by atoms with E-state index in [-0.39, 0.29) is 41.1 Å². The van der Waals surface area contributed by atoms with E-state index in [2.05, 4.69) is 0 Å². The SMILES string of the molecule is COC(=O)C1=C(c2ccc(Oc3cccc(C(F)(F)F)c3)cc2)OCC(C(C)C)C1=O. The van der Waals surface area contributed by atoms with E-state index < -0.39 is 23.6 Å². The van der Waals surface area contributed by atoms with Crippen molar-refractivity contribution in [3.05, 3.63) is 65.2 Å². The molecule has 2 aromatic carbocycles. The average molecular weight is 434 g/mol. The van der Waals surface area contributed by atoms with E-state index in [1.165, 1.54) is 31.4 Å². The molecule has 1 aliphatic heterocycles. The maximum atomic E-state index is 12.9. The smallest absolute Gasteiger partial charge is 0.416 e. The quantitative estimate of drug-likeness (QED) is 0.475. The number of ketones is 1. The van der Waals surface area contributed by atoms with Crippen LogP contribution < -0.4 is 4.74 Å². The first-order chi connectivity index (χ1) is 14.6. The topological polar surface area (TPSA) is 61.8 Å². The Kier molecular flexibility index (Phi) is 6.38. The minimum Gasteiger partial charge on any atom is -0.491 e. The highest BCUT2D eigenvalue weighted by Crippen LogP contribution is 2.35. The molecule has 1 atom stereocenters. The van der Waals surface area contributed by atoms with Crippen LogP contribution in [0.3, 0.4) is 0 Å². The lowest BCUT2D eigenvalue weighted by molar-refractivity contribution is -0.140. The zero-order valence-corrected chi connectivity index (χ0v) is 17.2. The lowest BCUT2D eigenvalue weighted by Crippen LogP contribution is -2.34. The molecule has 0 amide bonds. The fraction of sp³-hybridized carbons (Fsp3) is 0.304. The second kappa shape index (κ2) is 8.83. The number of alkyl halides is 3. The highest BCUT2D eigenvalue weighted by molar-refractivity contribution is 6.23. The van der Waals surface area contributed by atoms with Crippen LogP contribution in [0.15, 0.2) is 54.1 Å². The molecule has 1 unspecified atom stereocenters. The zero-order chi connectivity index (χ0) is 22.8. The van der Waals surface area contributed by atoms with Gasteiger partial charge in [0.1, 0.15) is 22.8 Å². The number of esters is 1. The number of halogens is 3. The van der Waals surface area contributed by atoms with Crippen LogP contribution in [0.25, 0.3) is 5.76 Å². The Hall–Kier alpha value is -3.29. The Morgan fingerprint density at radius 3 is 2.35 bits per heavy atom. The van der Waals surface area contributed by atoms with Crippen molar-refractivity contribution in [2.45, 2.75) is 20.0 Å². The molecule has 0 bridgehead atoms. The standard InChI is InChI=1S/C23H21F3O5/c1-13(2)18-12-30-21(19(20(18)27)22(28)29-3)14-7-9-16(10-8-14)31-17-6-4-5-15(11-17)23(24,25)26/h4-11,13,18H,12H2,1-3H3. The van der Waals surface area contributed by atoms with Crippen LogP contribution in [0.1, 0.15) is 25.0 Å². The summed E-state index contributed by atoms with van der Waals surface area (Å²) in [6.45, 7) is 3.87. The maximum absolute atomic E-state index is 12.9. The molecule has 0 spiro atoms. The normalized spacial score (nSPS) is 16.9. The second-order valence-corrected chi connectivity index (χ2v) is 7.37. The van der Waals surface area contributed by atoms with Gasteiger partial charge in [-0.05, 0) is 48.4 Å². The van der Waals surface area contributed by atoms with E-state index in [9.17, 15) is 22.8 Å². The molecule has 2 aromatic rings. The fourth-order valence-corrected chi connectivity index (χ4v) is 3.18.